The van der Waals surface area contributed by atoms with Crippen molar-refractivity contribution in [2.24, 2.45) is 0 Å². The number of thiazole rings is 1. The predicted octanol–water partition coefficient (Wildman–Crippen LogP) is 3.53. The quantitative estimate of drug-likeness (QED) is 0.900. The Bertz CT molecular complexity index is 515. The van der Waals surface area contributed by atoms with E-state index < -0.39 is 0 Å². The fourth-order valence-corrected chi connectivity index (χ4v) is 3.36. The van der Waals surface area contributed by atoms with E-state index in [0.717, 1.165) is 18.9 Å². The van der Waals surface area contributed by atoms with E-state index in [1.165, 1.54) is 29.1 Å². The average molecular weight is 272 g/mol. The molecule has 0 saturated heterocycles. The Kier molecular flexibility index (Phi) is 3.95. The van der Waals surface area contributed by atoms with Gasteiger partial charge in [0.2, 0.25) is 0 Å². The van der Waals surface area contributed by atoms with Crippen LogP contribution in [0.4, 0.5) is 0 Å². The van der Waals surface area contributed by atoms with E-state index >= 15 is 0 Å². The summed E-state index contributed by atoms with van der Waals surface area (Å²) in [4.78, 5) is 4.49. The largest absolute Gasteiger partial charge is 0.314 e. The molecule has 1 aliphatic rings. The van der Waals surface area contributed by atoms with E-state index in [9.17, 15) is 0 Å². The van der Waals surface area contributed by atoms with Crippen LogP contribution in [0.25, 0.3) is 0 Å². The van der Waals surface area contributed by atoms with E-state index in [4.69, 9.17) is 0 Å². The molecule has 1 saturated carbocycles. The fraction of sp³-hybridized carbons (Fsp3) is 0.438. The summed E-state index contributed by atoms with van der Waals surface area (Å²) >= 11 is 1.74. The Morgan fingerprint density at radius 1 is 1.26 bits per heavy atom. The molecule has 2 nitrogen and oxygen atoms in total. The van der Waals surface area contributed by atoms with Crippen LogP contribution < -0.4 is 5.32 Å². The third kappa shape index (κ3) is 3.23. The molecule has 0 aliphatic heterocycles. The highest BCUT2D eigenvalue weighted by atomic mass is 32.1. The Balaban J connectivity index is 1.38. The number of nitrogens with zero attached hydrogens (tertiary/aromatic N) is 1. The van der Waals surface area contributed by atoms with Crippen molar-refractivity contribution < 1.29 is 0 Å². The second kappa shape index (κ2) is 5.85. The zero-order valence-electron chi connectivity index (χ0n) is 11.3. The van der Waals surface area contributed by atoms with Gasteiger partial charge in [0.1, 0.15) is 0 Å². The van der Waals surface area contributed by atoms with Crippen molar-refractivity contribution >= 4 is 11.3 Å². The monoisotopic (exact) mass is 272 g/mol. The Labute approximate surface area is 118 Å². The minimum Gasteiger partial charge on any atom is -0.314 e. The third-order valence-electron chi connectivity index (χ3n) is 3.89. The maximum atomic E-state index is 4.49. The topological polar surface area (TPSA) is 24.9 Å². The highest BCUT2D eigenvalue weighted by Gasteiger charge is 2.29. The van der Waals surface area contributed by atoms with Crippen LogP contribution in [0.15, 0.2) is 35.7 Å². The summed E-state index contributed by atoms with van der Waals surface area (Å²) in [6.07, 6.45) is 3.61. The van der Waals surface area contributed by atoms with Crippen molar-refractivity contribution in [3.05, 3.63) is 52.0 Å². The highest BCUT2D eigenvalue weighted by molar-refractivity contribution is 7.09. The van der Waals surface area contributed by atoms with Gasteiger partial charge >= 0.3 is 0 Å². The van der Waals surface area contributed by atoms with E-state index in [1.54, 1.807) is 11.3 Å². The maximum Gasteiger partial charge on any atom is 0.0897 e. The molecule has 1 aromatic carbocycles. The van der Waals surface area contributed by atoms with Gasteiger partial charge in [0.25, 0.3) is 0 Å². The number of hydrogen-bond donors (Lipinski definition) is 1. The number of aromatic nitrogens is 1. The zero-order valence-corrected chi connectivity index (χ0v) is 12.1. The van der Waals surface area contributed by atoms with Crippen LogP contribution in [-0.2, 0) is 6.42 Å². The van der Waals surface area contributed by atoms with Gasteiger partial charge in [-0.2, -0.15) is 0 Å². The first kappa shape index (κ1) is 12.8. The summed E-state index contributed by atoms with van der Waals surface area (Å²) in [5.74, 6) is 0.764. The molecule has 3 rings (SSSR count). The van der Waals surface area contributed by atoms with E-state index in [1.807, 2.05) is 0 Å². The molecule has 1 aromatic heterocycles. The van der Waals surface area contributed by atoms with Gasteiger partial charge in [-0.05, 0) is 31.2 Å². The molecule has 0 amide bonds. The zero-order chi connectivity index (χ0) is 13.1. The second-order valence-corrected chi connectivity index (χ2v) is 6.40. The van der Waals surface area contributed by atoms with E-state index in [-0.39, 0.29) is 0 Å². The Hall–Kier alpha value is -1.19. The number of rotatable bonds is 5. The fourth-order valence-electron chi connectivity index (χ4n) is 2.71. The molecule has 2 aromatic rings. The van der Waals surface area contributed by atoms with Crippen molar-refractivity contribution in [2.75, 3.05) is 6.54 Å². The van der Waals surface area contributed by atoms with Gasteiger partial charge in [-0.25, -0.2) is 4.98 Å². The average Bonchev–Trinajstić information content (AvgIpc) is 2.79. The molecule has 0 bridgehead atoms. The van der Waals surface area contributed by atoms with Crippen LogP contribution >= 0.6 is 11.3 Å². The summed E-state index contributed by atoms with van der Waals surface area (Å²) in [7, 11) is 0. The second-order valence-electron chi connectivity index (χ2n) is 5.34. The lowest BCUT2D eigenvalue weighted by Crippen LogP contribution is -2.40. The van der Waals surface area contributed by atoms with Gasteiger partial charge in [-0.15, -0.1) is 11.3 Å². The smallest absolute Gasteiger partial charge is 0.0897 e. The van der Waals surface area contributed by atoms with Gasteiger partial charge in [-0.3, -0.25) is 0 Å². The normalized spacial score (nSPS) is 22.2. The first-order chi connectivity index (χ1) is 9.31. The van der Waals surface area contributed by atoms with Crippen LogP contribution in [0.5, 0.6) is 0 Å². The Morgan fingerprint density at radius 3 is 2.74 bits per heavy atom. The molecule has 0 unspecified atom stereocenters. The lowest BCUT2D eigenvalue weighted by Gasteiger charge is -2.36. The van der Waals surface area contributed by atoms with Crippen LogP contribution in [-0.4, -0.2) is 17.6 Å². The maximum absolute atomic E-state index is 4.49. The molecular formula is C16H20N2S. The van der Waals surface area contributed by atoms with Crippen molar-refractivity contribution in [1.29, 1.82) is 0 Å². The van der Waals surface area contributed by atoms with E-state index in [0.29, 0.717) is 6.04 Å². The minimum absolute atomic E-state index is 0.699. The first-order valence-corrected chi connectivity index (χ1v) is 7.88. The number of nitrogens with one attached hydrogen (secondary N) is 1. The first-order valence-electron chi connectivity index (χ1n) is 7.00. The minimum atomic E-state index is 0.699. The van der Waals surface area contributed by atoms with Crippen molar-refractivity contribution in [3.8, 4) is 0 Å². The SMILES string of the molecule is Cc1nc(CCNC2CC(c3ccccc3)C2)cs1. The lowest BCUT2D eigenvalue weighted by molar-refractivity contribution is 0.292. The van der Waals surface area contributed by atoms with Gasteiger partial charge in [0.15, 0.2) is 0 Å². The Morgan fingerprint density at radius 2 is 2.05 bits per heavy atom. The molecule has 1 fully saturated rings. The molecule has 19 heavy (non-hydrogen) atoms. The summed E-state index contributed by atoms with van der Waals surface area (Å²) in [6, 6.07) is 11.6. The molecule has 0 radical (unpaired) electrons. The highest BCUT2D eigenvalue weighted by Crippen LogP contribution is 2.36. The molecule has 3 heteroatoms. The van der Waals surface area contributed by atoms with Gasteiger partial charge in [-0.1, -0.05) is 30.3 Å². The summed E-state index contributed by atoms with van der Waals surface area (Å²) < 4.78 is 0. The van der Waals surface area contributed by atoms with Gasteiger partial charge in [0.05, 0.1) is 10.7 Å². The number of aryl methyl sites for hydroxylation is 1. The standard InChI is InChI=1S/C16H20N2S/c1-12-18-15(11-19-12)7-8-17-16-9-14(10-16)13-5-3-2-4-6-13/h2-6,11,14,16-17H,7-10H2,1H3. The molecule has 100 valence electrons. The van der Waals surface area contributed by atoms with Gasteiger partial charge in [0, 0.05) is 24.4 Å². The third-order valence-corrected chi connectivity index (χ3v) is 4.71. The summed E-state index contributed by atoms with van der Waals surface area (Å²) in [5.41, 5.74) is 2.73. The number of hydrogen-bond acceptors (Lipinski definition) is 3. The van der Waals surface area contributed by atoms with Crippen LogP contribution in [0, 0.1) is 6.92 Å². The van der Waals surface area contributed by atoms with Crippen molar-refractivity contribution in [2.45, 2.75) is 38.1 Å². The summed E-state index contributed by atoms with van der Waals surface area (Å²) in [5, 5.41) is 6.98. The predicted molar refractivity (Wildman–Crippen MR) is 80.8 cm³/mol. The van der Waals surface area contributed by atoms with Gasteiger partial charge < -0.3 is 5.32 Å². The molecule has 1 aliphatic carbocycles. The summed E-state index contributed by atoms with van der Waals surface area (Å²) in [6.45, 7) is 3.12. The van der Waals surface area contributed by atoms with E-state index in [2.05, 4.69) is 52.9 Å². The molecular weight excluding hydrogens is 252 g/mol. The van der Waals surface area contributed by atoms with Crippen LogP contribution in [0.3, 0.4) is 0 Å². The number of benzene rings is 1. The molecule has 1 N–H and O–H groups in total. The molecule has 0 spiro atoms. The molecule has 0 atom stereocenters. The van der Waals surface area contributed by atoms with Crippen molar-refractivity contribution in [1.82, 2.24) is 10.3 Å². The molecule has 1 heterocycles. The van der Waals surface area contributed by atoms with Crippen molar-refractivity contribution in [3.63, 3.8) is 0 Å². The lowest BCUT2D eigenvalue weighted by atomic mass is 9.76. The van der Waals surface area contributed by atoms with Crippen LogP contribution in [0.1, 0.15) is 35.0 Å². The van der Waals surface area contributed by atoms with Crippen LogP contribution in [0.2, 0.25) is 0 Å².